The molecule has 0 aliphatic carbocycles. The summed E-state index contributed by atoms with van der Waals surface area (Å²) in [5, 5.41) is 2.86. The molecule has 0 spiro atoms. The first-order valence-electron chi connectivity index (χ1n) is 6.69. The zero-order valence-electron chi connectivity index (χ0n) is 11.5. The standard InChI is InChI=1S/C17H12FNO3/c18-14-7-3-1-5-11(14)9-19-17(21)13-10-22-15-8-4-2-6-12(15)16(13)20/h1-8,10H,9H2,(H,19,21). The number of carbonyl (C=O) groups excluding carboxylic acids is 1. The zero-order valence-corrected chi connectivity index (χ0v) is 11.5. The average Bonchev–Trinajstić information content (AvgIpc) is 2.54. The van der Waals surface area contributed by atoms with Crippen molar-refractivity contribution >= 4 is 16.9 Å². The van der Waals surface area contributed by atoms with Crippen molar-refractivity contribution in [3.8, 4) is 0 Å². The van der Waals surface area contributed by atoms with Crippen LogP contribution in [0.4, 0.5) is 4.39 Å². The van der Waals surface area contributed by atoms with Crippen LogP contribution in [0.15, 0.2) is 64.0 Å². The van der Waals surface area contributed by atoms with E-state index in [2.05, 4.69) is 5.32 Å². The first kappa shape index (κ1) is 14.0. The van der Waals surface area contributed by atoms with Crippen molar-refractivity contribution in [1.29, 1.82) is 0 Å². The molecule has 0 saturated heterocycles. The fourth-order valence-corrected chi connectivity index (χ4v) is 2.15. The summed E-state index contributed by atoms with van der Waals surface area (Å²) in [6.45, 7) is -0.00221. The van der Waals surface area contributed by atoms with Crippen LogP contribution in [0.2, 0.25) is 0 Å². The van der Waals surface area contributed by atoms with Crippen LogP contribution in [0.3, 0.4) is 0 Å². The third kappa shape index (κ3) is 2.61. The lowest BCUT2D eigenvalue weighted by molar-refractivity contribution is 0.0948. The number of fused-ring (bicyclic) bond motifs is 1. The van der Waals surface area contributed by atoms with Gasteiger partial charge in [-0.1, -0.05) is 30.3 Å². The minimum Gasteiger partial charge on any atom is -0.463 e. The third-order valence-corrected chi connectivity index (χ3v) is 3.32. The van der Waals surface area contributed by atoms with Crippen LogP contribution >= 0.6 is 0 Å². The fraction of sp³-hybridized carbons (Fsp3) is 0.0588. The van der Waals surface area contributed by atoms with Crippen LogP contribution in [0.5, 0.6) is 0 Å². The maximum absolute atomic E-state index is 13.5. The number of para-hydroxylation sites is 1. The summed E-state index contributed by atoms with van der Waals surface area (Å²) in [5.74, 6) is -1.00. The van der Waals surface area contributed by atoms with Crippen LogP contribution in [0, 0.1) is 5.82 Å². The summed E-state index contributed by atoms with van der Waals surface area (Å²) < 4.78 is 18.8. The lowest BCUT2D eigenvalue weighted by atomic mass is 10.1. The Morgan fingerprint density at radius 1 is 1.09 bits per heavy atom. The second-order valence-electron chi connectivity index (χ2n) is 4.75. The molecule has 3 rings (SSSR count). The molecule has 0 radical (unpaired) electrons. The summed E-state index contributed by atoms with van der Waals surface area (Å²) in [5.41, 5.74) is 0.252. The molecule has 2 aromatic carbocycles. The molecule has 0 aliphatic heterocycles. The van der Waals surface area contributed by atoms with Crippen LogP contribution in [-0.4, -0.2) is 5.91 Å². The van der Waals surface area contributed by atoms with E-state index >= 15 is 0 Å². The van der Waals surface area contributed by atoms with Gasteiger partial charge in [-0.05, 0) is 18.2 Å². The molecule has 0 fully saturated rings. The van der Waals surface area contributed by atoms with Crippen LogP contribution in [-0.2, 0) is 6.54 Å². The van der Waals surface area contributed by atoms with Crippen LogP contribution in [0.1, 0.15) is 15.9 Å². The Hall–Kier alpha value is -2.95. The van der Waals surface area contributed by atoms with Gasteiger partial charge in [0.15, 0.2) is 0 Å². The van der Waals surface area contributed by atoms with Gasteiger partial charge in [0.25, 0.3) is 5.91 Å². The quantitative estimate of drug-likeness (QED) is 0.808. The Labute approximate surface area is 125 Å². The van der Waals surface area contributed by atoms with E-state index in [1.165, 1.54) is 6.07 Å². The number of hydrogen-bond donors (Lipinski definition) is 1. The fourth-order valence-electron chi connectivity index (χ4n) is 2.15. The molecule has 1 amide bonds. The predicted octanol–water partition coefficient (Wildman–Crippen LogP) is 2.86. The Morgan fingerprint density at radius 3 is 2.64 bits per heavy atom. The summed E-state index contributed by atoms with van der Waals surface area (Å²) >= 11 is 0. The van der Waals surface area contributed by atoms with Gasteiger partial charge in [0.05, 0.1) is 5.39 Å². The van der Waals surface area contributed by atoms with E-state index in [0.717, 1.165) is 6.26 Å². The SMILES string of the molecule is O=C(NCc1ccccc1F)c1coc2ccccc2c1=O. The Kier molecular flexibility index (Phi) is 3.70. The normalized spacial score (nSPS) is 10.6. The van der Waals surface area contributed by atoms with Gasteiger partial charge in [-0.15, -0.1) is 0 Å². The lowest BCUT2D eigenvalue weighted by Gasteiger charge is -2.06. The summed E-state index contributed by atoms with van der Waals surface area (Å²) in [6.07, 6.45) is 1.13. The minimum absolute atomic E-state index is 0.00221. The molecule has 1 aromatic heterocycles. The van der Waals surface area contributed by atoms with E-state index in [4.69, 9.17) is 4.42 Å². The first-order valence-corrected chi connectivity index (χ1v) is 6.69. The average molecular weight is 297 g/mol. The van der Waals surface area contributed by atoms with Crippen molar-refractivity contribution in [3.05, 3.63) is 82.0 Å². The number of nitrogens with one attached hydrogen (secondary N) is 1. The molecule has 0 aliphatic rings. The van der Waals surface area contributed by atoms with Gasteiger partial charge in [-0.25, -0.2) is 4.39 Å². The highest BCUT2D eigenvalue weighted by Crippen LogP contribution is 2.11. The molecule has 4 nitrogen and oxygen atoms in total. The molecular weight excluding hydrogens is 285 g/mol. The molecule has 110 valence electrons. The van der Waals surface area contributed by atoms with Gasteiger partial charge >= 0.3 is 0 Å². The molecule has 0 unspecified atom stereocenters. The molecular formula is C17H12FNO3. The second-order valence-corrected chi connectivity index (χ2v) is 4.75. The lowest BCUT2D eigenvalue weighted by Crippen LogP contribution is -2.28. The van der Waals surface area contributed by atoms with E-state index in [9.17, 15) is 14.0 Å². The van der Waals surface area contributed by atoms with E-state index in [1.54, 1.807) is 42.5 Å². The van der Waals surface area contributed by atoms with Gasteiger partial charge in [0.2, 0.25) is 5.43 Å². The molecule has 5 heteroatoms. The topological polar surface area (TPSA) is 59.3 Å². The van der Waals surface area contributed by atoms with E-state index in [0.29, 0.717) is 16.5 Å². The predicted molar refractivity (Wildman–Crippen MR) is 80.1 cm³/mol. The molecule has 0 saturated carbocycles. The second kappa shape index (κ2) is 5.81. The van der Waals surface area contributed by atoms with E-state index in [1.807, 2.05) is 0 Å². The van der Waals surface area contributed by atoms with Crippen molar-refractivity contribution in [1.82, 2.24) is 5.32 Å². The summed E-state index contributed by atoms with van der Waals surface area (Å²) in [6, 6.07) is 12.8. The molecule has 1 N–H and O–H groups in total. The first-order chi connectivity index (χ1) is 10.7. The molecule has 0 atom stereocenters. The van der Waals surface area contributed by atoms with Crippen LogP contribution < -0.4 is 10.7 Å². The number of carbonyl (C=O) groups is 1. The van der Waals surface area contributed by atoms with Gasteiger partial charge in [-0.3, -0.25) is 9.59 Å². The third-order valence-electron chi connectivity index (χ3n) is 3.32. The molecule has 1 heterocycles. The highest BCUT2D eigenvalue weighted by molar-refractivity contribution is 5.96. The summed E-state index contributed by atoms with van der Waals surface area (Å²) in [7, 11) is 0. The van der Waals surface area contributed by atoms with Gasteiger partial charge < -0.3 is 9.73 Å². The zero-order chi connectivity index (χ0) is 15.5. The number of rotatable bonds is 3. The molecule has 3 aromatic rings. The Balaban J connectivity index is 1.85. The molecule has 0 bridgehead atoms. The van der Waals surface area contributed by atoms with Gasteiger partial charge in [0.1, 0.15) is 23.2 Å². The minimum atomic E-state index is -0.595. The van der Waals surface area contributed by atoms with Gasteiger partial charge in [0, 0.05) is 12.1 Å². The number of benzene rings is 2. The smallest absolute Gasteiger partial charge is 0.258 e. The highest BCUT2D eigenvalue weighted by Gasteiger charge is 2.14. The van der Waals surface area contributed by atoms with Gasteiger partial charge in [-0.2, -0.15) is 0 Å². The van der Waals surface area contributed by atoms with Crippen molar-refractivity contribution in [2.45, 2.75) is 6.54 Å². The van der Waals surface area contributed by atoms with Crippen molar-refractivity contribution < 1.29 is 13.6 Å². The van der Waals surface area contributed by atoms with Crippen molar-refractivity contribution in [3.63, 3.8) is 0 Å². The number of amides is 1. The summed E-state index contributed by atoms with van der Waals surface area (Å²) in [4.78, 5) is 24.4. The molecule has 22 heavy (non-hydrogen) atoms. The van der Waals surface area contributed by atoms with Crippen molar-refractivity contribution in [2.24, 2.45) is 0 Å². The van der Waals surface area contributed by atoms with Crippen molar-refractivity contribution in [2.75, 3.05) is 0 Å². The Bertz CT molecular complexity index is 902. The Morgan fingerprint density at radius 2 is 1.82 bits per heavy atom. The monoisotopic (exact) mass is 297 g/mol. The van der Waals surface area contributed by atoms with Crippen LogP contribution in [0.25, 0.3) is 11.0 Å². The largest absolute Gasteiger partial charge is 0.463 e. The maximum atomic E-state index is 13.5. The van der Waals surface area contributed by atoms with E-state index in [-0.39, 0.29) is 12.1 Å². The number of hydrogen-bond acceptors (Lipinski definition) is 3. The number of halogens is 1. The maximum Gasteiger partial charge on any atom is 0.258 e. The van der Waals surface area contributed by atoms with E-state index < -0.39 is 17.2 Å². The highest BCUT2D eigenvalue weighted by atomic mass is 19.1.